The van der Waals surface area contributed by atoms with E-state index in [0.29, 0.717) is 16.6 Å². The van der Waals surface area contributed by atoms with Crippen molar-refractivity contribution in [2.75, 3.05) is 7.05 Å². The van der Waals surface area contributed by atoms with Gasteiger partial charge in [0.15, 0.2) is 0 Å². The van der Waals surface area contributed by atoms with Crippen LogP contribution in [-0.2, 0) is 13.6 Å². The molecule has 6 nitrogen and oxygen atoms in total. The fourth-order valence-corrected chi connectivity index (χ4v) is 2.12. The molecule has 0 aliphatic carbocycles. The first-order chi connectivity index (χ1) is 10.4. The lowest BCUT2D eigenvalue weighted by atomic mass is 9.80. The maximum atomic E-state index is 12.3. The summed E-state index contributed by atoms with van der Waals surface area (Å²) in [5, 5.41) is 18.1. The molecule has 2 aromatic rings. The van der Waals surface area contributed by atoms with Gasteiger partial charge >= 0.3 is 7.12 Å². The van der Waals surface area contributed by atoms with Gasteiger partial charge in [-0.25, -0.2) is 0 Å². The number of rotatable bonds is 4. The Kier molecular flexibility index (Phi) is 4.80. The molecular formula is C15H17BN2O4. The van der Waals surface area contributed by atoms with Crippen LogP contribution in [0.15, 0.2) is 47.4 Å². The molecular weight excluding hydrogens is 283 g/mol. The number of nitrogens with zero attached hydrogens (tertiary/aromatic N) is 2. The second-order valence-electron chi connectivity index (χ2n) is 5.11. The van der Waals surface area contributed by atoms with Crippen molar-refractivity contribution in [2.45, 2.75) is 6.54 Å². The predicted octanol–water partition coefficient (Wildman–Crippen LogP) is -0.663. The first-order valence-corrected chi connectivity index (χ1v) is 6.76. The monoisotopic (exact) mass is 300 g/mol. The van der Waals surface area contributed by atoms with Crippen LogP contribution in [0.25, 0.3) is 0 Å². The van der Waals surface area contributed by atoms with Gasteiger partial charge in [-0.3, -0.25) is 9.59 Å². The highest BCUT2D eigenvalue weighted by Gasteiger charge is 2.16. The van der Waals surface area contributed by atoms with Crippen molar-refractivity contribution < 1.29 is 14.8 Å². The molecule has 0 saturated heterocycles. The highest BCUT2D eigenvalue weighted by atomic mass is 16.4. The summed E-state index contributed by atoms with van der Waals surface area (Å²) in [5.74, 6) is -0.245. The molecule has 114 valence electrons. The topological polar surface area (TPSA) is 82.8 Å². The molecule has 0 fully saturated rings. The van der Waals surface area contributed by atoms with Crippen LogP contribution in [0.4, 0.5) is 0 Å². The molecule has 1 amide bonds. The number of aryl methyl sites for hydroxylation is 1. The molecule has 2 rings (SSSR count). The average Bonchev–Trinajstić information content (AvgIpc) is 2.51. The van der Waals surface area contributed by atoms with E-state index in [4.69, 9.17) is 10.0 Å². The van der Waals surface area contributed by atoms with Crippen molar-refractivity contribution in [3.05, 3.63) is 64.1 Å². The van der Waals surface area contributed by atoms with E-state index in [1.165, 1.54) is 33.7 Å². The first kappa shape index (κ1) is 16.0. The van der Waals surface area contributed by atoms with Crippen molar-refractivity contribution in [1.82, 2.24) is 9.47 Å². The smallest absolute Gasteiger partial charge is 0.423 e. The van der Waals surface area contributed by atoms with Crippen LogP contribution in [0.1, 0.15) is 15.9 Å². The highest BCUT2D eigenvalue weighted by Crippen LogP contribution is 2.05. The summed E-state index contributed by atoms with van der Waals surface area (Å²) in [4.78, 5) is 25.7. The van der Waals surface area contributed by atoms with Gasteiger partial charge in [0.2, 0.25) is 0 Å². The zero-order valence-electron chi connectivity index (χ0n) is 12.4. The van der Waals surface area contributed by atoms with Crippen LogP contribution in [0, 0.1) is 0 Å². The lowest BCUT2D eigenvalue weighted by molar-refractivity contribution is 0.0784. The molecule has 2 N–H and O–H groups in total. The number of benzene rings is 1. The zero-order valence-corrected chi connectivity index (χ0v) is 12.4. The van der Waals surface area contributed by atoms with Gasteiger partial charge < -0.3 is 19.5 Å². The van der Waals surface area contributed by atoms with E-state index in [2.05, 4.69) is 0 Å². The summed E-state index contributed by atoms with van der Waals surface area (Å²) in [6.07, 6.45) is 1.66. The first-order valence-electron chi connectivity index (χ1n) is 6.76. The highest BCUT2D eigenvalue weighted by molar-refractivity contribution is 6.58. The van der Waals surface area contributed by atoms with Gasteiger partial charge in [0.1, 0.15) is 0 Å². The third-order valence-electron chi connectivity index (χ3n) is 3.41. The minimum absolute atomic E-state index is 0.138. The Morgan fingerprint density at radius 2 is 1.86 bits per heavy atom. The van der Waals surface area contributed by atoms with Crippen molar-refractivity contribution in [3.63, 3.8) is 0 Å². The van der Waals surface area contributed by atoms with Gasteiger partial charge in [0.25, 0.3) is 11.5 Å². The molecule has 0 aliphatic rings. The summed E-state index contributed by atoms with van der Waals surface area (Å²) in [6.45, 7) is 0.205. The van der Waals surface area contributed by atoms with E-state index >= 15 is 0 Å². The SMILES string of the molecule is CN(Cc1cccn(C)c1=O)C(=O)c1ccc(B(O)O)cc1. The van der Waals surface area contributed by atoms with E-state index in [1.807, 2.05) is 0 Å². The van der Waals surface area contributed by atoms with Crippen LogP contribution in [0.2, 0.25) is 0 Å². The summed E-state index contributed by atoms with van der Waals surface area (Å²) in [6, 6.07) is 9.46. The summed E-state index contributed by atoms with van der Waals surface area (Å²) >= 11 is 0. The Hall–Kier alpha value is -2.38. The maximum Gasteiger partial charge on any atom is 0.488 e. The molecule has 1 heterocycles. The van der Waals surface area contributed by atoms with Crippen LogP contribution in [0.3, 0.4) is 0 Å². The standard InChI is InChI=1S/C15H17BN2O4/c1-17-9-3-4-12(15(17)20)10-18(2)14(19)11-5-7-13(8-6-11)16(21)22/h3-9,21-22H,10H2,1-2H3. The second kappa shape index (κ2) is 6.59. The number of hydrogen-bond donors (Lipinski definition) is 2. The fraction of sp³-hybridized carbons (Fsp3) is 0.200. The molecule has 1 aromatic carbocycles. The number of amides is 1. The van der Waals surface area contributed by atoms with Gasteiger partial charge in [0.05, 0.1) is 6.54 Å². The Morgan fingerprint density at radius 3 is 2.45 bits per heavy atom. The molecule has 0 unspecified atom stereocenters. The van der Waals surface area contributed by atoms with Crippen LogP contribution in [-0.4, -0.2) is 39.6 Å². The molecule has 0 aliphatic heterocycles. The molecule has 1 aromatic heterocycles. The molecule has 0 bridgehead atoms. The Morgan fingerprint density at radius 1 is 1.23 bits per heavy atom. The predicted molar refractivity (Wildman–Crippen MR) is 83.7 cm³/mol. The second-order valence-corrected chi connectivity index (χ2v) is 5.11. The fourth-order valence-electron chi connectivity index (χ4n) is 2.12. The van der Waals surface area contributed by atoms with Crippen molar-refractivity contribution >= 4 is 18.5 Å². The van der Waals surface area contributed by atoms with E-state index < -0.39 is 7.12 Å². The average molecular weight is 300 g/mol. The van der Waals surface area contributed by atoms with Gasteiger partial charge in [-0.1, -0.05) is 18.2 Å². The summed E-state index contributed by atoms with van der Waals surface area (Å²) in [7, 11) is 1.71. The largest absolute Gasteiger partial charge is 0.488 e. The Labute approximate surface area is 128 Å². The van der Waals surface area contributed by atoms with E-state index in [0.717, 1.165) is 0 Å². The zero-order chi connectivity index (χ0) is 16.3. The van der Waals surface area contributed by atoms with E-state index in [-0.39, 0.29) is 18.0 Å². The molecule has 0 atom stereocenters. The summed E-state index contributed by atoms with van der Waals surface area (Å²) in [5.41, 5.74) is 1.12. The number of hydrogen-bond acceptors (Lipinski definition) is 4. The van der Waals surface area contributed by atoms with E-state index in [9.17, 15) is 9.59 Å². The van der Waals surface area contributed by atoms with Crippen LogP contribution in [0.5, 0.6) is 0 Å². The van der Waals surface area contributed by atoms with Crippen molar-refractivity contribution in [3.8, 4) is 0 Å². The van der Waals surface area contributed by atoms with Gasteiger partial charge in [-0.05, 0) is 23.7 Å². The maximum absolute atomic E-state index is 12.3. The lowest BCUT2D eigenvalue weighted by Crippen LogP contribution is -2.32. The molecule has 0 spiro atoms. The minimum atomic E-state index is -1.56. The molecule has 22 heavy (non-hydrogen) atoms. The molecule has 0 radical (unpaired) electrons. The van der Waals surface area contributed by atoms with Crippen molar-refractivity contribution in [2.24, 2.45) is 7.05 Å². The Bertz CT molecular complexity index is 725. The third kappa shape index (κ3) is 3.44. The lowest BCUT2D eigenvalue weighted by Gasteiger charge is -2.17. The molecule has 7 heteroatoms. The Balaban J connectivity index is 2.15. The van der Waals surface area contributed by atoms with Gasteiger partial charge in [-0.15, -0.1) is 0 Å². The van der Waals surface area contributed by atoms with Gasteiger partial charge in [0, 0.05) is 31.4 Å². The third-order valence-corrected chi connectivity index (χ3v) is 3.41. The normalized spacial score (nSPS) is 10.4. The number of pyridine rings is 1. The van der Waals surface area contributed by atoms with Crippen LogP contribution < -0.4 is 11.0 Å². The van der Waals surface area contributed by atoms with Crippen LogP contribution >= 0.6 is 0 Å². The molecule has 0 saturated carbocycles. The van der Waals surface area contributed by atoms with Crippen molar-refractivity contribution in [1.29, 1.82) is 0 Å². The van der Waals surface area contributed by atoms with Gasteiger partial charge in [-0.2, -0.15) is 0 Å². The number of aromatic nitrogens is 1. The minimum Gasteiger partial charge on any atom is -0.423 e. The number of carbonyl (C=O) groups excluding carboxylic acids is 1. The van der Waals surface area contributed by atoms with E-state index in [1.54, 1.807) is 32.4 Å². The number of carbonyl (C=O) groups is 1. The summed E-state index contributed by atoms with van der Waals surface area (Å²) < 4.78 is 1.46. The quantitative estimate of drug-likeness (QED) is 0.734.